The predicted molar refractivity (Wildman–Crippen MR) is 66.3 cm³/mol. The molecule has 0 aliphatic heterocycles. The van der Waals surface area contributed by atoms with Gasteiger partial charge in [-0.05, 0) is 38.6 Å². The summed E-state index contributed by atoms with van der Waals surface area (Å²) in [6, 6.07) is 0.426. The third-order valence-electron chi connectivity index (χ3n) is 3.52. The molecule has 1 saturated carbocycles. The zero-order valence-corrected chi connectivity index (χ0v) is 10.4. The van der Waals surface area contributed by atoms with E-state index in [2.05, 4.69) is 35.1 Å². The first-order valence-corrected chi connectivity index (χ1v) is 6.55. The highest BCUT2D eigenvalue weighted by molar-refractivity contribution is 5.09. The molecule has 1 aliphatic carbocycles. The second-order valence-corrected chi connectivity index (χ2v) is 4.97. The molecule has 0 bridgehead atoms. The van der Waals surface area contributed by atoms with Crippen LogP contribution in [0.5, 0.6) is 0 Å². The van der Waals surface area contributed by atoms with Crippen LogP contribution in [-0.4, -0.2) is 16.3 Å². The van der Waals surface area contributed by atoms with Crippen molar-refractivity contribution in [3.8, 4) is 0 Å². The van der Waals surface area contributed by atoms with Crippen LogP contribution in [0.4, 0.5) is 0 Å². The van der Waals surface area contributed by atoms with E-state index in [9.17, 15) is 0 Å². The van der Waals surface area contributed by atoms with Crippen LogP contribution in [0.3, 0.4) is 0 Å². The van der Waals surface area contributed by atoms with Crippen LogP contribution >= 0.6 is 0 Å². The van der Waals surface area contributed by atoms with Crippen LogP contribution < -0.4 is 5.32 Å². The molecular formula is C13H23N3. The fourth-order valence-corrected chi connectivity index (χ4v) is 2.12. The quantitative estimate of drug-likeness (QED) is 0.800. The monoisotopic (exact) mass is 221 g/mol. The predicted octanol–water partition coefficient (Wildman–Crippen LogP) is 2.74. The Morgan fingerprint density at radius 2 is 2.38 bits per heavy atom. The van der Waals surface area contributed by atoms with Gasteiger partial charge >= 0.3 is 0 Å². The van der Waals surface area contributed by atoms with Gasteiger partial charge < -0.3 is 5.32 Å². The van der Waals surface area contributed by atoms with Crippen molar-refractivity contribution >= 4 is 0 Å². The summed E-state index contributed by atoms with van der Waals surface area (Å²) in [6.45, 7) is 6.59. The van der Waals surface area contributed by atoms with Crippen molar-refractivity contribution in [2.45, 2.75) is 52.1 Å². The van der Waals surface area contributed by atoms with Crippen molar-refractivity contribution in [2.24, 2.45) is 5.92 Å². The van der Waals surface area contributed by atoms with Gasteiger partial charge in [-0.2, -0.15) is 5.10 Å². The summed E-state index contributed by atoms with van der Waals surface area (Å²) in [6.07, 6.45) is 9.57. The lowest BCUT2D eigenvalue weighted by Gasteiger charge is -2.24. The van der Waals surface area contributed by atoms with Gasteiger partial charge in [-0.25, -0.2) is 0 Å². The molecule has 1 aromatic rings. The summed E-state index contributed by atoms with van der Waals surface area (Å²) >= 11 is 0. The lowest BCUT2D eigenvalue weighted by Crippen LogP contribution is -2.19. The molecule has 1 unspecified atom stereocenters. The lowest BCUT2D eigenvalue weighted by atomic mass is 9.85. The second-order valence-electron chi connectivity index (χ2n) is 4.97. The third kappa shape index (κ3) is 2.85. The van der Waals surface area contributed by atoms with E-state index in [-0.39, 0.29) is 0 Å². The molecule has 2 rings (SSSR count). The normalized spacial score (nSPS) is 18.4. The highest BCUT2D eigenvalue weighted by Crippen LogP contribution is 2.27. The third-order valence-corrected chi connectivity index (χ3v) is 3.52. The highest BCUT2D eigenvalue weighted by atomic mass is 15.3. The van der Waals surface area contributed by atoms with Crippen molar-refractivity contribution < 1.29 is 0 Å². The Morgan fingerprint density at radius 3 is 3.00 bits per heavy atom. The maximum Gasteiger partial charge on any atom is 0.0537 e. The Kier molecular flexibility index (Phi) is 3.99. The molecule has 90 valence electrons. The topological polar surface area (TPSA) is 29.9 Å². The Balaban J connectivity index is 1.85. The second kappa shape index (κ2) is 5.48. The van der Waals surface area contributed by atoms with Gasteiger partial charge in [0, 0.05) is 24.3 Å². The minimum Gasteiger partial charge on any atom is -0.310 e. The Hall–Kier alpha value is -0.830. The molecule has 0 radical (unpaired) electrons. The molecule has 1 aliphatic rings. The Labute approximate surface area is 98.2 Å². The van der Waals surface area contributed by atoms with Gasteiger partial charge in [-0.15, -0.1) is 0 Å². The summed E-state index contributed by atoms with van der Waals surface area (Å²) in [5.74, 6) is 0.881. The lowest BCUT2D eigenvalue weighted by molar-refractivity contribution is 0.266. The first-order chi connectivity index (χ1) is 7.79. The fourth-order valence-electron chi connectivity index (χ4n) is 2.12. The zero-order chi connectivity index (χ0) is 11.4. The summed E-state index contributed by atoms with van der Waals surface area (Å²) in [5, 5.41) is 7.93. The molecule has 16 heavy (non-hydrogen) atoms. The molecule has 0 aromatic carbocycles. The summed E-state index contributed by atoms with van der Waals surface area (Å²) < 4.78 is 2.11. The van der Waals surface area contributed by atoms with Gasteiger partial charge in [-0.3, -0.25) is 4.68 Å². The van der Waals surface area contributed by atoms with Crippen LogP contribution in [-0.2, 0) is 6.54 Å². The van der Waals surface area contributed by atoms with Crippen LogP contribution in [0.2, 0.25) is 0 Å². The highest BCUT2D eigenvalue weighted by Gasteiger charge is 2.18. The number of rotatable bonds is 6. The van der Waals surface area contributed by atoms with Crippen molar-refractivity contribution in [3.63, 3.8) is 0 Å². The van der Waals surface area contributed by atoms with Gasteiger partial charge in [0.2, 0.25) is 0 Å². The van der Waals surface area contributed by atoms with Crippen molar-refractivity contribution in [3.05, 3.63) is 18.0 Å². The average Bonchev–Trinajstić information content (AvgIpc) is 2.68. The average molecular weight is 221 g/mol. The molecule has 0 spiro atoms. The van der Waals surface area contributed by atoms with E-state index in [4.69, 9.17) is 0 Å². The van der Waals surface area contributed by atoms with Gasteiger partial charge in [0.05, 0.1) is 6.20 Å². The van der Waals surface area contributed by atoms with Crippen LogP contribution in [0.15, 0.2) is 12.4 Å². The van der Waals surface area contributed by atoms with Crippen LogP contribution in [0.25, 0.3) is 0 Å². The molecule has 1 N–H and O–H groups in total. The van der Waals surface area contributed by atoms with Gasteiger partial charge in [-0.1, -0.05) is 13.3 Å². The molecule has 1 heterocycles. The van der Waals surface area contributed by atoms with Gasteiger partial charge in [0.25, 0.3) is 0 Å². The Morgan fingerprint density at radius 1 is 1.56 bits per heavy atom. The fraction of sp³-hybridized carbons (Fsp3) is 0.769. The minimum atomic E-state index is 0.426. The number of nitrogens with one attached hydrogen (secondary N) is 1. The zero-order valence-electron chi connectivity index (χ0n) is 10.4. The van der Waals surface area contributed by atoms with E-state index in [1.54, 1.807) is 0 Å². The number of nitrogens with zero attached hydrogens (tertiary/aromatic N) is 2. The molecule has 0 amide bonds. The van der Waals surface area contributed by atoms with Crippen molar-refractivity contribution in [1.82, 2.24) is 15.1 Å². The Bertz CT molecular complexity index is 315. The van der Waals surface area contributed by atoms with E-state index >= 15 is 0 Å². The van der Waals surface area contributed by atoms with Gasteiger partial charge in [0.1, 0.15) is 0 Å². The molecule has 1 atom stereocenters. The molecular weight excluding hydrogens is 198 g/mol. The van der Waals surface area contributed by atoms with E-state index in [0.29, 0.717) is 6.04 Å². The summed E-state index contributed by atoms with van der Waals surface area (Å²) in [7, 11) is 0. The SMILES string of the molecule is CCCNC(C)c1cnn(CC2CCC2)c1. The summed E-state index contributed by atoms with van der Waals surface area (Å²) in [4.78, 5) is 0. The van der Waals surface area contributed by atoms with Gasteiger partial charge in [0.15, 0.2) is 0 Å². The smallest absolute Gasteiger partial charge is 0.0537 e. The molecule has 3 heteroatoms. The van der Waals surface area contributed by atoms with Crippen LogP contribution in [0, 0.1) is 5.92 Å². The van der Waals surface area contributed by atoms with Crippen molar-refractivity contribution in [1.29, 1.82) is 0 Å². The van der Waals surface area contributed by atoms with E-state index < -0.39 is 0 Å². The first-order valence-electron chi connectivity index (χ1n) is 6.55. The summed E-state index contributed by atoms with van der Waals surface area (Å²) in [5.41, 5.74) is 1.31. The maximum atomic E-state index is 4.44. The maximum absolute atomic E-state index is 4.44. The largest absolute Gasteiger partial charge is 0.310 e. The first kappa shape index (κ1) is 11.6. The molecule has 3 nitrogen and oxygen atoms in total. The van der Waals surface area contributed by atoms with E-state index in [1.165, 1.54) is 31.2 Å². The molecule has 1 fully saturated rings. The molecule has 1 aromatic heterocycles. The van der Waals surface area contributed by atoms with E-state index in [1.807, 2.05) is 6.20 Å². The van der Waals surface area contributed by atoms with E-state index in [0.717, 1.165) is 19.0 Å². The van der Waals surface area contributed by atoms with Crippen LogP contribution in [0.1, 0.15) is 51.1 Å². The number of hydrogen-bond acceptors (Lipinski definition) is 2. The number of aromatic nitrogens is 2. The van der Waals surface area contributed by atoms with Crippen molar-refractivity contribution in [2.75, 3.05) is 6.54 Å². The molecule has 0 saturated heterocycles. The minimum absolute atomic E-state index is 0.426. The number of hydrogen-bond donors (Lipinski definition) is 1. The standard InChI is InChI=1S/C13H23N3/c1-3-7-14-11(2)13-8-15-16(10-13)9-12-5-4-6-12/h8,10-12,14H,3-7,9H2,1-2H3.